The van der Waals surface area contributed by atoms with E-state index in [4.69, 9.17) is 0 Å². The Morgan fingerprint density at radius 2 is 1.59 bits per heavy atom. The quantitative estimate of drug-likeness (QED) is 0.742. The van der Waals surface area contributed by atoms with Crippen molar-refractivity contribution in [2.75, 3.05) is 5.32 Å². The summed E-state index contributed by atoms with van der Waals surface area (Å²) in [6.45, 7) is 5.04. The highest BCUT2D eigenvalue weighted by Crippen LogP contribution is 2.28. The van der Waals surface area contributed by atoms with Gasteiger partial charge in [-0.15, -0.1) is 0 Å². The van der Waals surface area contributed by atoms with Crippen LogP contribution in [-0.2, 0) is 14.8 Å². The average Bonchev–Trinajstić information content (AvgIpc) is 2.79. The largest absolute Gasteiger partial charge is 0.494 e. The molecule has 2 rings (SSSR count). The van der Waals surface area contributed by atoms with Gasteiger partial charge in [-0.2, -0.15) is 3.97 Å². The summed E-state index contributed by atoms with van der Waals surface area (Å²) in [6, 6.07) is 7.42. The standard InChI is InChI=1S/C14H14N2O5S/c1-9(2)14(19)15-10-3-5-11(6-4-10)22(20,21)16-12(17)7-8-13(16)18/h3-8,17-18H,1H2,2H3,(H,15,19). The summed E-state index contributed by atoms with van der Waals surface area (Å²) in [5, 5.41) is 21.6. The van der Waals surface area contributed by atoms with Gasteiger partial charge in [0, 0.05) is 23.4 Å². The lowest BCUT2D eigenvalue weighted by atomic mass is 10.3. The minimum atomic E-state index is -4.13. The maximum absolute atomic E-state index is 12.3. The molecule has 116 valence electrons. The van der Waals surface area contributed by atoms with Crippen molar-refractivity contribution in [3.8, 4) is 11.8 Å². The molecule has 2 aromatic rings. The first-order valence-corrected chi connectivity index (χ1v) is 7.59. The number of amides is 1. The highest BCUT2D eigenvalue weighted by atomic mass is 32.2. The van der Waals surface area contributed by atoms with E-state index in [0.717, 1.165) is 12.1 Å². The molecule has 7 nitrogen and oxygen atoms in total. The van der Waals surface area contributed by atoms with Gasteiger partial charge in [-0.1, -0.05) is 6.58 Å². The molecule has 0 atom stereocenters. The Labute approximate surface area is 127 Å². The Kier molecular flexibility index (Phi) is 3.96. The third-order valence-electron chi connectivity index (χ3n) is 2.84. The van der Waals surface area contributed by atoms with Gasteiger partial charge in [0.05, 0.1) is 4.90 Å². The summed E-state index contributed by atoms with van der Waals surface area (Å²) in [4.78, 5) is 11.3. The molecule has 1 aromatic heterocycles. The Balaban J connectivity index is 2.35. The van der Waals surface area contributed by atoms with Gasteiger partial charge in [0.15, 0.2) is 0 Å². The van der Waals surface area contributed by atoms with E-state index < -0.39 is 21.8 Å². The van der Waals surface area contributed by atoms with Crippen LogP contribution in [0.25, 0.3) is 0 Å². The van der Waals surface area contributed by atoms with Crippen molar-refractivity contribution < 1.29 is 23.4 Å². The molecule has 0 aliphatic heterocycles. The highest BCUT2D eigenvalue weighted by molar-refractivity contribution is 7.90. The predicted molar refractivity (Wildman–Crippen MR) is 80.2 cm³/mol. The van der Waals surface area contributed by atoms with Gasteiger partial charge < -0.3 is 15.5 Å². The smallest absolute Gasteiger partial charge is 0.273 e. The summed E-state index contributed by atoms with van der Waals surface area (Å²) in [6.07, 6.45) is 0. The number of nitrogens with zero attached hydrogens (tertiary/aromatic N) is 1. The second kappa shape index (κ2) is 5.57. The van der Waals surface area contributed by atoms with Gasteiger partial charge in [-0.25, -0.2) is 8.42 Å². The van der Waals surface area contributed by atoms with Crippen molar-refractivity contribution in [3.05, 3.63) is 48.6 Å². The SMILES string of the molecule is C=C(C)C(=O)Nc1ccc(S(=O)(=O)n2c(O)ccc2O)cc1. The molecule has 0 aliphatic rings. The van der Waals surface area contributed by atoms with Crippen molar-refractivity contribution >= 4 is 21.6 Å². The summed E-state index contributed by atoms with van der Waals surface area (Å²) < 4.78 is 25.1. The van der Waals surface area contributed by atoms with Crippen LogP contribution in [0.2, 0.25) is 0 Å². The number of aromatic nitrogens is 1. The number of nitrogens with one attached hydrogen (secondary N) is 1. The van der Waals surface area contributed by atoms with E-state index in [2.05, 4.69) is 11.9 Å². The molecule has 1 heterocycles. The Morgan fingerprint density at radius 1 is 1.09 bits per heavy atom. The minimum absolute atomic E-state index is 0.150. The maximum Gasteiger partial charge on any atom is 0.273 e. The summed E-state index contributed by atoms with van der Waals surface area (Å²) >= 11 is 0. The molecule has 0 saturated carbocycles. The van der Waals surface area contributed by atoms with Gasteiger partial charge in [-0.05, 0) is 31.2 Å². The van der Waals surface area contributed by atoms with Crippen LogP contribution in [0.15, 0.2) is 53.4 Å². The first-order chi connectivity index (χ1) is 10.2. The third-order valence-corrected chi connectivity index (χ3v) is 4.56. The number of carbonyl (C=O) groups is 1. The van der Waals surface area contributed by atoms with Crippen molar-refractivity contribution in [3.63, 3.8) is 0 Å². The molecular formula is C14H14N2O5S. The third kappa shape index (κ3) is 2.82. The molecular weight excluding hydrogens is 308 g/mol. The average molecular weight is 322 g/mol. The number of aromatic hydroxyl groups is 2. The number of anilines is 1. The van der Waals surface area contributed by atoms with Gasteiger partial charge >= 0.3 is 0 Å². The minimum Gasteiger partial charge on any atom is -0.494 e. The Morgan fingerprint density at radius 3 is 2.05 bits per heavy atom. The number of rotatable bonds is 4. The molecule has 0 bridgehead atoms. The van der Waals surface area contributed by atoms with E-state index in [1.54, 1.807) is 6.92 Å². The first-order valence-electron chi connectivity index (χ1n) is 6.15. The number of benzene rings is 1. The molecule has 1 aromatic carbocycles. The molecule has 0 radical (unpaired) electrons. The summed E-state index contributed by atoms with van der Waals surface area (Å²) in [5.74, 6) is -1.58. The van der Waals surface area contributed by atoms with Crippen LogP contribution >= 0.6 is 0 Å². The van der Waals surface area contributed by atoms with Crippen LogP contribution in [0.4, 0.5) is 5.69 Å². The fourth-order valence-corrected chi connectivity index (χ4v) is 3.01. The molecule has 0 unspecified atom stereocenters. The van der Waals surface area contributed by atoms with Crippen LogP contribution in [0.3, 0.4) is 0 Å². The zero-order valence-electron chi connectivity index (χ0n) is 11.6. The van der Waals surface area contributed by atoms with Crippen LogP contribution in [0.5, 0.6) is 11.8 Å². The fraction of sp³-hybridized carbons (Fsp3) is 0.0714. The zero-order chi connectivity index (χ0) is 16.5. The maximum atomic E-state index is 12.3. The molecule has 0 saturated heterocycles. The van der Waals surface area contributed by atoms with E-state index in [1.165, 1.54) is 24.3 Å². The lowest BCUT2D eigenvalue weighted by Crippen LogP contribution is -2.13. The van der Waals surface area contributed by atoms with E-state index in [-0.39, 0.29) is 10.8 Å². The number of carbonyl (C=O) groups excluding carboxylic acids is 1. The lowest BCUT2D eigenvalue weighted by Gasteiger charge is -2.09. The second-order valence-electron chi connectivity index (χ2n) is 4.58. The second-order valence-corrected chi connectivity index (χ2v) is 6.36. The number of hydrogen-bond acceptors (Lipinski definition) is 5. The monoisotopic (exact) mass is 322 g/mol. The van der Waals surface area contributed by atoms with Gasteiger partial charge in [-0.3, -0.25) is 4.79 Å². The van der Waals surface area contributed by atoms with Gasteiger partial charge in [0.25, 0.3) is 15.9 Å². The van der Waals surface area contributed by atoms with Gasteiger partial charge in [0.1, 0.15) is 0 Å². The van der Waals surface area contributed by atoms with Crippen molar-refractivity contribution in [2.24, 2.45) is 0 Å². The van der Waals surface area contributed by atoms with Crippen LogP contribution in [0.1, 0.15) is 6.92 Å². The summed E-state index contributed by atoms with van der Waals surface area (Å²) in [5.41, 5.74) is 0.715. The molecule has 1 amide bonds. The molecule has 8 heteroatoms. The normalized spacial score (nSPS) is 11.1. The molecule has 22 heavy (non-hydrogen) atoms. The first kappa shape index (κ1) is 15.6. The van der Waals surface area contributed by atoms with Crippen LogP contribution in [-0.4, -0.2) is 28.5 Å². The molecule has 3 N–H and O–H groups in total. The van der Waals surface area contributed by atoms with E-state index >= 15 is 0 Å². The molecule has 0 fully saturated rings. The van der Waals surface area contributed by atoms with Crippen molar-refractivity contribution in [2.45, 2.75) is 11.8 Å². The Bertz CT molecular complexity index is 815. The van der Waals surface area contributed by atoms with E-state index in [1.807, 2.05) is 0 Å². The predicted octanol–water partition coefficient (Wildman–Crippen LogP) is 1.65. The summed E-state index contributed by atoms with van der Waals surface area (Å²) in [7, 11) is -4.13. The fourth-order valence-electron chi connectivity index (χ4n) is 1.70. The zero-order valence-corrected chi connectivity index (χ0v) is 12.5. The van der Waals surface area contributed by atoms with Crippen LogP contribution in [0, 0.1) is 0 Å². The Hall–Kier alpha value is -2.74. The lowest BCUT2D eigenvalue weighted by molar-refractivity contribution is -0.112. The van der Waals surface area contributed by atoms with E-state index in [9.17, 15) is 23.4 Å². The van der Waals surface area contributed by atoms with Crippen molar-refractivity contribution in [1.82, 2.24) is 3.97 Å². The molecule has 0 aliphatic carbocycles. The highest BCUT2D eigenvalue weighted by Gasteiger charge is 2.23. The van der Waals surface area contributed by atoms with Gasteiger partial charge in [0.2, 0.25) is 11.8 Å². The topological polar surface area (TPSA) is 109 Å². The number of hydrogen-bond donors (Lipinski definition) is 3. The van der Waals surface area contributed by atoms with Crippen LogP contribution < -0.4 is 5.32 Å². The molecule has 0 spiro atoms. The van der Waals surface area contributed by atoms with Crippen molar-refractivity contribution in [1.29, 1.82) is 0 Å². The van der Waals surface area contributed by atoms with E-state index in [0.29, 0.717) is 15.2 Å².